The number of ketones is 1. The number of hydrogen-bond donors (Lipinski definition) is 0. The molecule has 5 nitrogen and oxygen atoms in total. The van der Waals surface area contributed by atoms with Gasteiger partial charge < -0.3 is 9.47 Å². The van der Waals surface area contributed by atoms with Gasteiger partial charge in [-0.05, 0) is 51.2 Å². The van der Waals surface area contributed by atoms with Gasteiger partial charge in [-0.1, -0.05) is 23.7 Å². The summed E-state index contributed by atoms with van der Waals surface area (Å²) in [5.41, 5.74) is -0.269. The summed E-state index contributed by atoms with van der Waals surface area (Å²) in [5, 5.41) is 0.0172. The van der Waals surface area contributed by atoms with Crippen LogP contribution in [0.4, 0.5) is 9.18 Å². The van der Waals surface area contributed by atoms with Crippen LogP contribution in [0.15, 0.2) is 18.2 Å². The van der Waals surface area contributed by atoms with Crippen molar-refractivity contribution in [1.29, 1.82) is 0 Å². The van der Waals surface area contributed by atoms with E-state index in [0.717, 1.165) is 6.42 Å². The second kappa shape index (κ2) is 7.99. The molecule has 2 fully saturated rings. The van der Waals surface area contributed by atoms with E-state index in [4.69, 9.17) is 21.1 Å². The fourth-order valence-electron chi connectivity index (χ4n) is 4.00. The molecule has 1 aliphatic carbocycles. The molecule has 28 heavy (non-hydrogen) atoms. The summed E-state index contributed by atoms with van der Waals surface area (Å²) >= 11 is 5.90. The Labute approximate surface area is 170 Å². The van der Waals surface area contributed by atoms with Crippen LogP contribution in [0.2, 0.25) is 5.02 Å². The Balaban J connectivity index is 1.76. The molecular formula is C21H27ClFNO4. The second-order valence-corrected chi connectivity index (χ2v) is 9.08. The van der Waals surface area contributed by atoms with Gasteiger partial charge >= 0.3 is 6.09 Å². The molecular weight excluding hydrogens is 385 g/mol. The van der Waals surface area contributed by atoms with Crippen LogP contribution in [0.1, 0.15) is 51.5 Å². The standard InChI is InChI=1S/C21H27ClFNO4/c1-21(2,3)28-20(26)24-16-8-12(16)9-17(24)18(25)10-13(11-27-4)14-6-5-7-15(22)19(14)23/h5-7,12-13,16-17H,8-11H2,1-4H3/t12-,13-,16-,17+/m1/s1. The van der Waals surface area contributed by atoms with Crippen LogP contribution in [0, 0.1) is 11.7 Å². The summed E-state index contributed by atoms with van der Waals surface area (Å²) in [5.74, 6) is -0.740. The van der Waals surface area contributed by atoms with Gasteiger partial charge in [0.05, 0.1) is 17.7 Å². The van der Waals surface area contributed by atoms with Crippen molar-refractivity contribution in [2.45, 2.75) is 63.6 Å². The quantitative estimate of drug-likeness (QED) is 0.688. The number of methoxy groups -OCH3 is 1. The minimum absolute atomic E-state index is 0.0172. The first kappa shape index (κ1) is 21.1. The van der Waals surface area contributed by atoms with Gasteiger partial charge in [0.25, 0.3) is 0 Å². The van der Waals surface area contributed by atoms with E-state index in [1.807, 2.05) is 0 Å². The maximum atomic E-state index is 14.5. The van der Waals surface area contributed by atoms with Crippen molar-refractivity contribution in [3.63, 3.8) is 0 Å². The Hall–Kier alpha value is -1.66. The molecule has 1 aliphatic heterocycles. The highest BCUT2D eigenvalue weighted by Gasteiger charge is 2.57. The zero-order chi connectivity index (χ0) is 20.6. The molecule has 0 unspecified atom stereocenters. The van der Waals surface area contributed by atoms with Crippen molar-refractivity contribution >= 4 is 23.5 Å². The lowest BCUT2D eigenvalue weighted by atomic mass is 9.90. The summed E-state index contributed by atoms with van der Waals surface area (Å²) in [4.78, 5) is 27.3. The smallest absolute Gasteiger partial charge is 0.411 e. The number of hydrogen-bond acceptors (Lipinski definition) is 4. The van der Waals surface area contributed by atoms with Gasteiger partial charge in [0, 0.05) is 25.5 Å². The Morgan fingerprint density at radius 3 is 2.68 bits per heavy atom. The Bertz CT molecular complexity index is 763. The van der Waals surface area contributed by atoms with E-state index in [-0.39, 0.29) is 29.9 Å². The van der Waals surface area contributed by atoms with Crippen molar-refractivity contribution in [3.8, 4) is 0 Å². The predicted molar refractivity (Wildman–Crippen MR) is 104 cm³/mol. The Kier molecular flexibility index (Phi) is 6.01. The van der Waals surface area contributed by atoms with E-state index in [0.29, 0.717) is 17.9 Å². The Morgan fingerprint density at radius 1 is 1.32 bits per heavy atom. The molecule has 0 N–H and O–H groups in total. The number of rotatable bonds is 6. The van der Waals surface area contributed by atoms with Gasteiger partial charge in [0.1, 0.15) is 11.4 Å². The first-order valence-corrected chi connectivity index (χ1v) is 9.97. The average Bonchev–Trinajstić information content (AvgIpc) is 3.24. The lowest BCUT2D eigenvalue weighted by Gasteiger charge is -2.30. The number of carbonyl (C=O) groups is 2. The number of likely N-dealkylation sites (tertiary alicyclic amines) is 1. The summed E-state index contributed by atoms with van der Waals surface area (Å²) in [6.07, 6.45) is 1.18. The number of piperidine rings is 1. The molecule has 1 saturated heterocycles. The summed E-state index contributed by atoms with van der Waals surface area (Å²) < 4.78 is 25.2. The third-order valence-corrected chi connectivity index (χ3v) is 5.61. The van der Waals surface area contributed by atoms with Crippen LogP contribution >= 0.6 is 11.6 Å². The molecule has 1 aromatic rings. The molecule has 0 spiro atoms. The van der Waals surface area contributed by atoms with Gasteiger partial charge in [-0.2, -0.15) is 0 Å². The first-order valence-electron chi connectivity index (χ1n) is 9.59. The van der Waals surface area contributed by atoms with Crippen molar-refractivity contribution in [2.75, 3.05) is 13.7 Å². The monoisotopic (exact) mass is 411 g/mol. The molecule has 0 bridgehead atoms. The van der Waals surface area contributed by atoms with Gasteiger partial charge in [-0.3, -0.25) is 9.69 Å². The minimum atomic E-state index is -0.625. The first-order chi connectivity index (χ1) is 13.1. The molecule has 7 heteroatoms. The molecule has 1 saturated carbocycles. The molecule has 1 amide bonds. The second-order valence-electron chi connectivity index (χ2n) is 8.67. The summed E-state index contributed by atoms with van der Waals surface area (Å²) in [6.45, 7) is 5.60. The number of benzene rings is 1. The van der Waals surface area contributed by atoms with Crippen LogP contribution in [0.25, 0.3) is 0 Å². The van der Waals surface area contributed by atoms with Crippen molar-refractivity contribution in [1.82, 2.24) is 4.90 Å². The third kappa shape index (κ3) is 4.49. The van der Waals surface area contributed by atoms with Crippen molar-refractivity contribution in [3.05, 3.63) is 34.6 Å². The number of halogens is 2. The molecule has 4 atom stereocenters. The van der Waals surface area contributed by atoms with E-state index in [9.17, 15) is 14.0 Å². The lowest BCUT2D eigenvalue weighted by molar-refractivity contribution is -0.124. The number of fused-ring (bicyclic) bond motifs is 1. The molecule has 1 heterocycles. The maximum absolute atomic E-state index is 14.5. The van der Waals surface area contributed by atoms with Crippen LogP contribution in [0.5, 0.6) is 0 Å². The highest BCUT2D eigenvalue weighted by atomic mass is 35.5. The number of ether oxygens (including phenoxy) is 2. The normalized spacial score (nSPS) is 24.6. The van der Waals surface area contributed by atoms with Crippen molar-refractivity contribution in [2.24, 2.45) is 5.92 Å². The number of carbonyl (C=O) groups excluding carboxylic acids is 2. The summed E-state index contributed by atoms with van der Waals surface area (Å²) in [6, 6.07) is 4.30. The fraction of sp³-hybridized carbons (Fsp3) is 0.619. The zero-order valence-corrected chi connectivity index (χ0v) is 17.5. The highest BCUT2D eigenvalue weighted by Crippen LogP contribution is 2.49. The largest absolute Gasteiger partial charge is 0.444 e. The van der Waals surface area contributed by atoms with E-state index in [1.165, 1.54) is 13.2 Å². The molecule has 3 rings (SSSR count). The van der Waals surface area contributed by atoms with Gasteiger partial charge in [0.2, 0.25) is 0 Å². The van der Waals surface area contributed by atoms with Crippen LogP contribution in [0.3, 0.4) is 0 Å². The van der Waals surface area contributed by atoms with E-state index >= 15 is 0 Å². The molecule has 2 aliphatic rings. The molecule has 0 aromatic heterocycles. The number of nitrogens with zero attached hydrogens (tertiary/aromatic N) is 1. The predicted octanol–water partition coefficient (Wildman–Crippen LogP) is 4.57. The molecule has 0 radical (unpaired) electrons. The summed E-state index contributed by atoms with van der Waals surface area (Å²) in [7, 11) is 1.51. The van der Waals surface area contributed by atoms with E-state index in [1.54, 1.807) is 37.8 Å². The van der Waals surface area contributed by atoms with Crippen LogP contribution < -0.4 is 0 Å². The average molecular weight is 412 g/mol. The van der Waals surface area contributed by atoms with Crippen LogP contribution in [-0.2, 0) is 14.3 Å². The molecule has 154 valence electrons. The highest BCUT2D eigenvalue weighted by molar-refractivity contribution is 6.30. The van der Waals surface area contributed by atoms with E-state index in [2.05, 4.69) is 0 Å². The number of Topliss-reactive ketones (excluding diaryl/α,β-unsaturated/α-hetero) is 1. The molecule has 1 aromatic carbocycles. The minimum Gasteiger partial charge on any atom is -0.444 e. The topological polar surface area (TPSA) is 55.8 Å². The van der Waals surface area contributed by atoms with Gasteiger partial charge in [0.15, 0.2) is 5.78 Å². The zero-order valence-electron chi connectivity index (χ0n) is 16.7. The number of amides is 1. The maximum Gasteiger partial charge on any atom is 0.411 e. The SMILES string of the molecule is COC[C@@H](CC(=O)[C@@H]1C[C@H]2C[C@H]2N1C(=O)OC(C)(C)C)c1cccc(Cl)c1F. The van der Waals surface area contributed by atoms with E-state index < -0.39 is 29.5 Å². The lowest BCUT2D eigenvalue weighted by Crippen LogP contribution is -2.46. The third-order valence-electron chi connectivity index (χ3n) is 5.32. The van der Waals surface area contributed by atoms with Crippen LogP contribution in [-0.4, -0.2) is 48.2 Å². The van der Waals surface area contributed by atoms with Gasteiger partial charge in [-0.25, -0.2) is 9.18 Å². The Morgan fingerprint density at radius 2 is 2.04 bits per heavy atom. The van der Waals surface area contributed by atoms with Crippen molar-refractivity contribution < 1.29 is 23.5 Å². The van der Waals surface area contributed by atoms with Gasteiger partial charge in [-0.15, -0.1) is 0 Å². The fourth-order valence-corrected chi connectivity index (χ4v) is 4.18.